The number of phenolic OH excluding ortho intramolecular Hbond substituents is 1. The highest BCUT2D eigenvalue weighted by Crippen LogP contribution is 2.41. The van der Waals surface area contributed by atoms with Gasteiger partial charge in [0.25, 0.3) is 0 Å². The average molecular weight is 212 g/mol. The van der Waals surface area contributed by atoms with E-state index < -0.39 is 0 Å². The minimum atomic E-state index is 0.279. The maximum atomic E-state index is 9.52. The van der Waals surface area contributed by atoms with E-state index >= 15 is 0 Å². The molecule has 2 N–H and O–H groups in total. The molecule has 0 aliphatic heterocycles. The van der Waals surface area contributed by atoms with Crippen LogP contribution < -0.4 is 0 Å². The third-order valence-corrected chi connectivity index (χ3v) is 3.81. The Kier molecular flexibility index (Phi) is 2.09. The third kappa shape index (κ3) is 1.26. The van der Waals surface area contributed by atoms with Crippen LogP contribution in [0.2, 0.25) is 0 Å². The number of aromatic hydroxyl groups is 2. The second kappa shape index (κ2) is 3.12. The van der Waals surface area contributed by atoms with Crippen molar-refractivity contribution in [1.82, 2.24) is 0 Å². The fourth-order valence-corrected chi connectivity index (χ4v) is 3.08. The molecule has 0 amide bonds. The fraction of sp³-hybridized carbons (Fsp3) is 0.111. The SMILES string of the molecule is CSc1c(O)ccc2c(O)csc12. The van der Waals surface area contributed by atoms with Crippen molar-refractivity contribution in [3.8, 4) is 11.5 Å². The molecule has 0 radical (unpaired) electrons. The van der Waals surface area contributed by atoms with E-state index in [1.54, 1.807) is 17.5 Å². The second-order valence-electron chi connectivity index (χ2n) is 2.62. The van der Waals surface area contributed by atoms with Gasteiger partial charge in [-0.05, 0) is 18.4 Å². The number of hydrogen-bond donors (Lipinski definition) is 2. The first-order chi connectivity index (χ1) is 6.24. The molecule has 0 aliphatic carbocycles. The number of thioether (sulfide) groups is 1. The molecule has 1 aromatic carbocycles. The van der Waals surface area contributed by atoms with Crippen LogP contribution in [0.4, 0.5) is 0 Å². The van der Waals surface area contributed by atoms with E-state index in [1.807, 2.05) is 6.26 Å². The number of hydrogen-bond acceptors (Lipinski definition) is 4. The Morgan fingerprint density at radius 1 is 1.23 bits per heavy atom. The number of fused-ring (bicyclic) bond motifs is 1. The van der Waals surface area contributed by atoms with Crippen LogP contribution in [0.5, 0.6) is 11.5 Å². The van der Waals surface area contributed by atoms with Crippen LogP contribution in [0.25, 0.3) is 10.1 Å². The van der Waals surface area contributed by atoms with Crippen LogP contribution in [0.15, 0.2) is 22.4 Å². The molecule has 0 fully saturated rings. The first kappa shape index (κ1) is 8.72. The standard InChI is InChI=1S/C9H8O2S2/c1-12-9-6(10)3-2-5-7(11)4-13-8(5)9/h2-4,10-11H,1H3. The van der Waals surface area contributed by atoms with Crippen LogP contribution in [-0.4, -0.2) is 16.5 Å². The van der Waals surface area contributed by atoms with Crippen LogP contribution in [0.1, 0.15) is 0 Å². The second-order valence-corrected chi connectivity index (χ2v) is 4.31. The highest BCUT2D eigenvalue weighted by atomic mass is 32.2. The molecule has 2 nitrogen and oxygen atoms in total. The molecule has 4 heteroatoms. The Morgan fingerprint density at radius 3 is 2.69 bits per heavy atom. The number of phenols is 1. The van der Waals surface area contributed by atoms with Gasteiger partial charge in [0.15, 0.2) is 0 Å². The van der Waals surface area contributed by atoms with E-state index in [1.165, 1.54) is 23.1 Å². The van der Waals surface area contributed by atoms with Gasteiger partial charge in [-0.2, -0.15) is 0 Å². The number of thiophene rings is 1. The molecule has 1 heterocycles. The van der Waals surface area contributed by atoms with Crippen molar-refractivity contribution in [2.45, 2.75) is 4.90 Å². The summed E-state index contributed by atoms with van der Waals surface area (Å²) < 4.78 is 0.949. The molecule has 0 spiro atoms. The maximum absolute atomic E-state index is 9.52. The summed E-state index contributed by atoms with van der Waals surface area (Å²) in [6.45, 7) is 0. The lowest BCUT2D eigenvalue weighted by molar-refractivity contribution is 0.464. The summed E-state index contributed by atoms with van der Waals surface area (Å²) in [5.41, 5.74) is 0. The van der Waals surface area contributed by atoms with Gasteiger partial charge in [0.1, 0.15) is 11.5 Å². The van der Waals surface area contributed by atoms with E-state index in [0.717, 1.165) is 15.0 Å². The highest BCUT2D eigenvalue weighted by Gasteiger charge is 2.10. The van der Waals surface area contributed by atoms with Gasteiger partial charge in [-0.1, -0.05) is 0 Å². The van der Waals surface area contributed by atoms with Crippen molar-refractivity contribution in [3.63, 3.8) is 0 Å². The molecule has 1 aromatic heterocycles. The topological polar surface area (TPSA) is 40.5 Å². The minimum Gasteiger partial charge on any atom is -0.507 e. The van der Waals surface area contributed by atoms with E-state index in [-0.39, 0.29) is 11.5 Å². The molecule has 2 rings (SSSR count). The predicted molar refractivity (Wildman–Crippen MR) is 56.9 cm³/mol. The zero-order valence-electron chi connectivity index (χ0n) is 6.94. The molecular formula is C9H8O2S2. The van der Waals surface area contributed by atoms with Crippen molar-refractivity contribution < 1.29 is 10.2 Å². The Hall–Kier alpha value is -0.870. The van der Waals surface area contributed by atoms with Gasteiger partial charge in [0.05, 0.1) is 9.60 Å². The molecular weight excluding hydrogens is 204 g/mol. The lowest BCUT2D eigenvalue weighted by Gasteiger charge is -2.01. The number of rotatable bonds is 1. The molecule has 0 aliphatic rings. The molecule has 0 bridgehead atoms. The van der Waals surface area contributed by atoms with Gasteiger partial charge >= 0.3 is 0 Å². The van der Waals surface area contributed by atoms with E-state index in [2.05, 4.69) is 0 Å². The predicted octanol–water partition coefficient (Wildman–Crippen LogP) is 3.03. The van der Waals surface area contributed by atoms with Gasteiger partial charge in [0.2, 0.25) is 0 Å². The van der Waals surface area contributed by atoms with Gasteiger partial charge in [-0.25, -0.2) is 0 Å². The number of benzene rings is 1. The van der Waals surface area contributed by atoms with Crippen molar-refractivity contribution in [2.75, 3.05) is 6.26 Å². The van der Waals surface area contributed by atoms with Gasteiger partial charge in [-0.15, -0.1) is 23.1 Å². The molecule has 68 valence electrons. The zero-order valence-corrected chi connectivity index (χ0v) is 8.58. The van der Waals surface area contributed by atoms with Crippen LogP contribution >= 0.6 is 23.1 Å². The molecule has 0 saturated heterocycles. The Bertz CT molecular complexity index is 448. The summed E-state index contributed by atoms with van der Waals surface area (Å²) in [7, 11) is 0. The van der Waals surface area contributed by atoms with Crippen molar-refractivity contribution in [2.24, 2.45) is 0 Å². The van der Waals surface area contributed by atoms with Crippen LogP contribution in [-0.2, 0) is 0 Å². The molecule has 2 aromatic rings. The third-order valence-electron chi connectivity index (χ3n) is 1.86. The minimum absolute atomic E-state index is 0.279. The van der Waals surface area contributed by atoms with Crippen LogP contribution in [0, 0.1) is 0 Å². The fourth-order valence-electron chi connectivity index (χ4n) is 1.25. The smallest absolute Gasteiger partial charge is 0.134 e. The van der Waals surface area contributed by atoms with Crippen molar-refractivity contribution in [1.29, 1.82) is 0 Å². The zero-order chi connectivity index (χ0) is 9.42. The maximum Gasteiger partial charge on any atom is 0.134 e. The monoisotopic (exact) mass is 212 g/mol. The van der Waals surface area contributed by atoms with Gasteiger partial charge in [0, 0.05) is 10.8 Å². The van der Waals surface area contributed by atoms with Crippen LogP contribution in [0.3, 0.4) is 0 Å². The Balaban J connectivity index is 2.85. The average Bonchev–Trinajstić information content (AvgIpc) is 2.48. The first-order valence-electron chi connectivity index (χ1n) is 3.70. The largest absolute Gasteiger partial charge is 0.507 e. The summed E-state index contributed by atoms with van der Waals surface area (Å²) in [6.07, 6.45) is 1.91. The Labute approximate surface area is 83.8 Å². The summed E-state index contributed by atoms with van der Waals surface area (Å²) in [5.74, 6) is 0.567. The van der Waals surface area contributed by atoms with Gasteiger partial charge in [-0.3, -0.25) is 0 Å². The molecule has 13 heavy (non-hydrogen) atoms. The van der Waals surface area contributed by atoms with Gasteiger partial charge < -0.3 is 10.2 Å². The molecule has 0 saturated carbocycles. The van der Waals surface area contributed by atoms with E-state index in [4.69, 9.17) is 0 Å². The van der Waals surface area contributed by atoms with E-state index in [9.17, 15) is 10.2 Å². The highest BCUT2D eigenvalue weighted by molar-refractivity contribution is 7.99. The lowest BCUT2D eigenvalue weighted by atomic mass is 10.2. The quantitative estimate of drug-likeness (QED) is 0.714. The van der Waals surface area contributed by atoms with Crippen molar-refractivity contribution in [3.05, 3.63) is 17.5 Å². The van der Waals surface area contributed by atoms with Crippen molar-refractivity contribution >= 4 is 33.2 Å². The summed E-state index contributed by atoms with van der Waals surface area (Å²) in [6, 6.07) is 3.34. The summed E-state index contributed by atoms with van der Waals surface area (Å²) in [5, 5.41) is 21.5. The lowest BCUT2D eigenvalue weighted by Crippen LogP contribution is -1.72. The Morgan fingerprint density at radius 2 is 2.00 bits per heavy atom. The first-order valence-corrected chi connectivity index (χ1v) is 5.80. The summed E-state index contributed by atoms with van der Waals surface area (Å²) in [4.78, 5) is 0.836. The molecule has 0 unspecified atom stereocenters. The normalized spacial score (nSPS) is 10.8. The summed E-state index contributed by atoms with van der Waals surface area (Å²) >= 11 is 2.94. The molecule has 0 atom stereocenters. The van der Waals surface area contributed by atoms with E-state index in [0.29, 0.717) is 0 Å².